The van der Waals surface area contributed by atoms with E-state index in [-0.39, 0.29) is 16.3 Å². The van der Waals surface area contributed by atoms with E-state index in [1.54, 1.807) is 6.92 Å². The highest BCUT2D eigenvalue weighted by molar-refractivity contribution is 7.89. The summed E-state index contributed by atoms with van der Waals surface area (Å²) >= 11 is 0. The number of halogens is 1. The molecule has 27 heavy (non-hydrogen) atoms. The first-order valence-corrected chi connectivity index (χ1v) is 9.47. The molecule has 0 saturated carbocycles. The maximum Gasteiger partial charge on any atom is 0.242 e. The van der Waals surface area contributed by atoms with Gasteiger partial charge in [-0.3, -0.25) is 4.79 Å². The van der Waals surface area contributed by atoms with Crippen LogP contribution in [0.15, 0.2) is 41.3 Å². The summed E-state index contributed by atoms with van der Waals surface area (Å²) < 4.78 is 50.9. The summed E-state index contributed by atoms with van der Waals surface area (Å²) in [6, 6.07) is 6.95. The zero-order valence-electron chi connectivity index (χ0n) is 15.4. The molecule has 0 fully saturated rings. The van der Waals surface area contributed by atoms with Crippen molar-refractivity contribution in [3.05, 3.63) is 47.8 Å². The van der Waals surface area contributed by atoms with Crippen LogP contribution in [0.5, 0.6) is 11.5 Å². The van der Waals surface area contributed by atoms with Crippen molar-refractivity contribution in [3.8, 4) is 11.5 Å². The molecule has 1 atom stereocenters. The number of amides is 1. The van der Waals surface area contributed by atoms with Crippen molar-refractivity contribution in [2.24, 2.45) is 0 Å². The Balaban J connectivity index is 2.17. The van der Waals surface area contributed by atoms with Crippen molar-refractivity contribution >= 4 is 21.6 Å². The van der Waals surface area contributed by atoms with Gasteiger partial charge in [-0.05, 0) is 43.7 Å². The minimum absolute atomic E-state index is 0.0817. The lowest BCUT2D eigenvalue weighted by molar-refractivity contribution is -0.117. The van der Waals surface area contributed by atoms with Gasteiger partial charge in [-0.1, -0.05) is 6.07 Å². The molecule has 7 nitrogen and oxygen atoms in total. The highest BCUT2D eigenvalue weighted by atomic mass is 32.2. The number of benzene rings is 2. The van der Waals surface area contributed by atoms with Crippen LogP contribution in [-0.2, 0) is 14.8 Å². The third kappa shape index (κ3) is 4.95. The Kier molecular flexibility index (Phi) is 6.40. The van der Waals surface area contributed by atoms with E-state index >= 15 is 0 Å². The Bertz CT molecular complexity index is 947. The first kappa shape index (κ1) is 20.7. The van der Waals surface area contributed by atoms with Crippen LogP contribution in [0, 0.1) is 12.7 Å². The second-order valence-electron chi connectivity index (χ2n) is 5.81. The molecule has 0 aliphatic carbocycles. The highest BCUT2D eigenvalue weighted by Crippen LogP contribution is 2.29. The van der Waals surface area contributed by atoms with Gasteiger partial charge in [-0.2, -0.15) is 4.72 Å². The van der Waals surface area contributed by atoms with Crippen molar-refractivity contribution in [3.63, 3.8) is 0 Å². The van der Waals surface area contributed by atoms with Gasteiger partial charge in [0.25, 0.3) is 0 Å². The molecule has 2 N–H and O–H groups in total. The summed E-state index contributed by atoms with van der Waals surface area (Å²) in [5, 5.41) is 2.52. The van der Waals surface area contributed by atoms with Crippen LogP contribution in [0.1, 0.15) is 12.5 Å². The second kappa shape index (κ2) is 8.36. The van der Waals surface area contributed by atoms with Gasteiger partial charge in [0.05, 0.1) is 25.2 Å². The standard InChI is InChI=1S/C18H21FN2O5S/c1-11-5-6-13(19)9-15(11)20-18(22)12(2)21-27(23,24)14-7-8-16(25-3)17(10-14)26-4/h5-10,12,21H,1-4H3,(H,20,22)/t12-/m1/s1. The van der Waals surface area contributed by atoms with Crippen LogP contribution in [0.4, 0.5) is 10.1 Å². The molecule has 0 unspecified atom stereocenters. The fraction of sp³-hybridized carbons (Fsp3) is 0.278. The molecule has 0 radical (unpaired) electrons. The van der Waals surface area contributed by atoms with Crippen LogP contribution < -0.4 is 19.5 Å². The maximum absolute atomic E-state index is 13.3. The van der Waals surface area contributed by atoms with E-state index in [9.17, 15) is 17.6 Å². The zero-order chi connectivity index (χ0) is 20.2. The lowest BCUT2D eigenvalue weighted by Gasteiger charge is -2.16. The lowest BCUT2D eigenvalue weighted by Crippen LogP contribution is -2.41. The Morgan fingerprint density at radius 3 is 2.37 bits per heavy atom. The van der Waals surface area contributed by atoms with E-state index in [4.69, 9.17) is 9.47 Å². The Morgan fingerprint density at radius 2 is 1.74 bits per heavy atom. The SMILES string of the molecule is COc1ccc(S(=O)(=O)N[C@H](C)C(=O)Nc2cc(F)ccc2C)cc1OC. The number of nitrogens with one attached hydrogen (secondary N) is 2. The van der Waals surface area contributed by atoms with Crippen LogP contribution in [0.3, 0.4) is 0 Å². The summed E-state index contributed by atoms with van der Waals surface area (Å²) in [6.07, 6.45) is 0. The molecule has 0 aliphatic rings. The average molecular weight is 396 g/mol. The van der Waals surface area contributed by atoms with E-state index in [2.05, 4.69) is 10.0 Å². The molecule has 2 aromatic carbocycles. The van der Waals surface area contributed by atoms with Gasteiger partial charge >= 0.3 is 0 Å². The third-order valence-corrected chi connectivity index (χ3v) is 5.39. The first-order chi connectivity index (χ1) is 12.7. The minimum atomic E-state index is -3.99. The van der Waals surface area contributed by atoms with Gasteiger partial charge in [-0.25, -0.2) is 12.8 Å². The first-order valence-electron chi connectivity index (χ1n) is 7.99. The predicted molar refractivity (Wildman–Crippen MR) is 99.1 cm³/mol. The smallest absolute Gasteiger partial charge is 0.242 e. The van der Waals surface area contributed by atoms with Crippen LogP contribution in [0.25, 0.3) is 0 Å². The summed E-state index contributed by atoms with van der Waals surface area (Å²) in [5.74, 6) is -0.501. The molecule has 2 aromatic rings. The number of hydrogen-bond acceptors (Lipinski definition) is 5. The van der Waals surface area contributed by atoms with E-state index in [0.717, 1.165) is 0 Å². The second-order valence-corrected chi connectivity index (χ2v) is 7.52. The number of rotatable bonds is 7. The molecular weight excluding hydrogens is 375 g/mol. The fourth-order valence-corrected chi connectivity index (χ4v) is 3.53. The van der Waals surface area contributed by atoms with Gasteiger partial charge in [0.1, 0.15) is 5.82 Å². The largest absolute Gasteiger partial charge is 0.493 e. The quantitative estimate of drug-likeness (QED) is 0.750. The third-order valence-electron chi connectivity index (χ3n) is 3.85. The molecule has 0 saturated heterocycles. The number of carbonyl (C=O) groups is 1. The molecule has 0 aromatic heterocycles. The van der Waals surface area contributed by atoms with Crippen molar-refractivity contribution < 1.29 is 27.1 Å². The number of methoxy groups -OCH3 is 2. The molecule has 0 spiro atoms. The number of hydrogen-bond donors (Lipinski definition) is 2. The molecular formula is C18H21FN2O5S. The number of ether oxygens (including phenoxy) is 2. The molecule has 9 heteroatoms. The average Bonchev–Trinajstić information content (AvgIpc) is 2.63. The molecule has 2 rings (SSSR count). The molecule has 0 aliphatic heterocycles. The monoisotopic (exact) mass is 396 g/mol. The van der Waals surface area contributed by atoms with Gasteiger partial charge in [-0.15, -0.1) is 0 Å². The van der Waals surface area contributed by atoms with Crippen LogP contribution in [0.2, 0.25) is 0 Å². The fourth-order valence-electron chi connectivity index (χ4n) is 2.31. The highest BCUT2D eigenvalue weighted by Gasteiger charge is 2.23. The molecule has 0 heterocycles. The normalized spacial score (nSPS) is 12.3. The Hall–Kier alpha value is -2.65. The van der Waals surface area contributed by atoms with E-state index in [1.165, 1.54) is 57.5 Å². The number of sulfonamides is 1. The Morgan fingerprint density at radius 1 is 1.07 bits per heavy atom. The van der Waals surface area contributed by atoms with Gasteiger partial charge < -0.3 is 14.8 Å². The summed E-state index contributed by atoms with van der Waals surface area (Å²) in [6.45, 7) is 3.09. The summed E-state index contributed by atoms with van der Waals surface area (Å²) in [7, 11) is -1.17. The van der Waals surface area contributed by atoms with Crippen molar-refractivity contribution in [1.29, 1.82) is 0 Å². The molecule has 0 bridgehead atoms. The number of anilines is 1. The van der Waals surface area contributed by atoms with Gasteiger partial charge in [0, 0.05) is 11.8 Å². The number of aryl methyl sites for hydroxylation is 1. The van der Waals surface area contributed by atoms with E-state index in [0.29, 0.717) is 11.3 Å². The van der Waals surface area contributed by atoms with Crippen molar-refractivity contribution in [2.75, 3.05) is 19.5 Å². The topological polar surface area (TPSA) is 93.7 Å². The van der Waals surface area contributed by atoms with E-state index < -0.39 is 27.8 Å². The van der Waals surface area contributed by atoms with Crippen LogP contribution in [-0.4, -0.2) is 34.6 Å². The molecule has 146 valence electrons. The number of carbonyl (C=O) groups excluding carboxylic acids is 1. The predicted octanol–water partition coefficient (Wildman–Crippen LogP) is 2.46. The lowest BCUT2D eigenvalue weighted by atomic mass is 10.2. The van der Waals surface area contributed by atoms with Gasteiger partial charge in [0.2, 0.25) is 15.9 Å². The van der Waals surface area contributed by atoms with E-state index in [1.807, 2.05) is 0 Å². The molecule has 1 amide bonds. The van der Waals surface area contributed by atoms with Crippen LogP contribution >= 0.6 is 0 Å². The summed E-state index contributed by atoms with van der Waals surface area (Å²) in [4.78, 5) is 12.2. The minimum Gasteiger partial charge on any atom is -0.493 e. The zero-order valence-corrected chi connectivity index (χ0v) is 16.2. The Labute approximate surface area is 157 Å². The summed E-state index contributed by atoms with van der Waals surface area (Å²) in [5.41, 5.74) is 0.928. The maximum atomic E-state index is 13.3. The van der Waals surface area contributed by atoms with Gasteiger partial charge in [0.15, 0.2) is 11.5 Å². The van der Waals surface area contributed by atoms with Crippen molar-refractivity contribution in [2.45, 2.75) is 24.8 Å². The van der Waals surface area contributed by atoms with Crippen molar-refractivity contribution in [1.82, 2.24) is 4.72 Å².